The van der Waals surface area contributed by atoms with Gasteiger partial charge in [-0.3, -0.25) is 0 Å². The summed E-state index contributed by atoms with van der Waals surface area (Å²) in [7, 11) is 1.98. The minimum absolute atomic E-state index is 0.507. The van der Waals surface area contributed by atoms with E-state index in [1.54, 1.807) is 19.3 Å². The molecule has 0 saturated heterocycles. The first-order chi connectivity index (χ1) is 8.99. The number of aliphatic hydroxyl groups excluding tert-OH is 1. The maximum atomic E-state index is 9.54. The Bertz CT molecular complexity index is 563. The second kappa shape index (κ2) is 5.68. The van der Waals surface area contributed by atoms with Crippen molar-refractivity contribution in [1.82, 2.24) is 0 Å². The first-order valence-corrected chi connectivity index (χ1v) is 6.58. The molecule has 2 aromatic rings. The van der Waals surface area contributed by atoms with Crippen LogP contribution in [0, 0.1) is 6.92 Å². The monoisotopic (exact) mass is 279 g/mol. The summed E-state index contributed by atoms with van der Waals surface area (Å²) in [6, 6.07) is 7.59. The van der Waals surface area contributed by atoms with E-state index >= 15 is 0 Å². The Balaban J connectivity index is 2.20. The fraction of sp³-hybridized carbons (Fsp3) is 0.333. The molecule has 0 amide bonds. The van der Waals surface area contributed by atoms with Crippen molar-refractivity contribution in [2.75, 3.05) is 11.9 Å². The van der Waals surface area contributed by atoms with Gasteiger partial charge in [-0.05, 0) is 37.6 Å². The van der Waals surface area contributed by atoms with Gasteiger partial charge in [-0.15, -0.1) is 0 Å². The standard InChI is InChI=1S/C15H18ClNO2/c1-10(18)12-4-5-15(14(16)8-12)17(3)9-13-6-7-19-11(13)2/h4-8,10,18H,9H2,1-3H3/t10-/m0/s1. The fourth-order valence-corrected chi connectivity index (χ4v) is 2.34. The molecule has 0 aliphatic heterocycles. The first kappa shape index (κ1) is 14.0. The quantitative estimate of drug-likeness (QED) is 0.921. The number of hydrogen-bond donors (Lipinski definition) is 1. The Hall–Kier alpha value is -1.45. The molecule has 0 bridgehead atoms. The van der Waals surface area contributed by atoms with Crippen LogP contribution in [0.5, 0.6) is 0 Å². The van der Waals surface area contributed by atoms with E-state index in [-0.39, 0.29) is 0 Å². The topological polar surface area (TPSA) is 36.6 Å². The minimum atomic E-state index is -0.507. The molecule has 0 aliphatic carbocycles. The van der Waals surface area contributed by atoms with Crippen molar-refractivity contribution in [2.24, 2.45) is 0 Å². The average molecular weight is 280 g/mol. The normalized spacial score (nSPS) is 12.5. The maximum absolute atomic E-state index is 9.54. The van der Waals surface area contributed by atoms with Crippen molar-refractivity contribution < 1.29 is 9.52 Å². The van der Waals surface area contributed by atoms with Crippen LogP contribution in [-0.2, 0) is 6.54 Å². The van der Waals surface area contributed by atoms with Gasteiger partial charge in [0.05, 0.1) is 23.1 Å². The van der Waals surface area contributed by atoms with E-state index < -0.39 is 6.10 Å². The Morgan fingerprint density at radius 2 is 2.11 bits per heavy atom. The van der Waals surface area contributed by atoms with Crippen LogP contribution in [0.25, 0.3) is 0 Å². The van der Waals surface area contributed by atoms with E-state index in [0.717, 1.165) is 29.1 Å². The van der Waals surface area contributed by atoms with Gasteiger partial charge in [-0.1, -0.05) is 17.7 Å². The summed E-state index contributed by atoms with van der Waals surface area (Å²) in [5.74, 6) is 0.920. The van der Waals surface area contributed by atoms with Gasteiger partial charge in [0.1, 0.15) is 5.76 Å². The highest BCUT2D eigenvalue weighted by molar-refractivity contribution is 6.33. The number of halogens is 1. The average Bonchev–Trinajstić information content (AvgIpc) is 2.74. The second-order valence-electron chi connectivity index (χ2n) is 4.74. The van der Waals surface area contributed by atoms with E-state index in [1.807, 2.05) is 32.2 Å². The van der Waals surface area contributed by atoms with Crippen molar-refractivity contribution >= 4 is 17.3 Å². The molecule has 1 N–H and O–H groups in total. The molecule has 0 unspecified atom stereocenters. The van der Waals surface area contributed by atoms with Crippen LogP contribution in [0.4, 0.5) is 5.69 Å². The van der Waals surface area contributed by atoms with E-state index in [4.69, 9.17) is 16.0 Å². The smallest absolute Gasteiger partial charge is 0.105 e. The molecule has 1 atom stereocenters. The highest BCUT2D eigenvalue weighted by Gasteiger charge is 2.11. The lowest BCUT2D eigenvalue weighted by atomic mass is 10.1. The highest BCUT2D eigenvalue weighted by Crippen LogP contribution is 2.29. The molecule has 0 saturated carbocycles. The van der Waals surface area contributed by atoms with E-state index in [9.17, 15) is 5.11 Å². The predicted molar refractivity (Wildman–Crippen MR) is 77.6 cm³/mol. The molecule has 1 aromatic carbocycles. The van der Waals surface area contributed by atoms with Gasteiger partial charge in [0.2, 0.25) is 0 Å². The number of aryl methyl sites for hydroxylation is 1. The lowest BCUT2D eigenvalue weighted by Gasteiger charge is -2.21. The number of furan rings is 1. The van der Waals surface area contributed by atoms with Crippen LogP contribution in [0.1, 0.15) is 29.9 Å². The molecule has 0 radical (unpaired) electrons. The zero-order valence-corrected chi connectivity index (χ0v) is 12.1. The van der Waals surface area contributed by atoms with Gasteiger partial charge in [-0.2, -0.15) is 0 Å². The molecule has 0 spiro atoms. The molecule has 102 valence electrons. The summed E-state index contributed by atoms with van der Waals surface area (Å²) in [6.07, 6.45) is 1.18. The Labute approximate surface area is 118 Å². The van der Waals surface area contributed by atoms with Crippen LogP contribution < -0.4 is 4.90 Å². The SMILES string of the molecule is Cc1occc1CN(C)c1ccc([C@H](C)O)cc1Cl. The van der Waals surface area contributed by atoms with Gasteiger partial charge in [-0.25, -0.2) is 0 Å². The predicted octanol–water partition coefficient (Wildman–Crippen LogP) is 3.93. The van der Waals surface area contributed by atoms with Crippen molar-refractivity contribution in [3.63, 3.8) is 0 Å². The largest absolute Gasteiger partial charge is 0.469 e. The summed E-state index contributed by atoms with van der Waals surface area (Å²) in [5, 5.41) is 10.2. The summed E-state index contributed by atoms with van der Waals surface area (Å²) in [5.41, 5.74) is 2.89. The fourth-order valence-electron chi connectivity index (χ4n) is 2.01. The minimum Gasteiger partial charge on any atom is -0.469 e. The zero-order valence-electron chi connectivity index (χ0n) is 11.4. The molecule has 1 aromatic heterocycles. The van der Waals surface area contributed by atoms with Crippen LogP contribution >= 0.6 is 11.6 Å². The summed E-state index contributed by atoms with van der Waals surface area (Å²) >= 11 is 6.27. The van der Waals surface area contributed by atoms with Gasteiger partial charge in [0.15, 0.2) is 0 Å². The van der Waals surface area contributed by atoms with Crippen molar-refractivity contribution in [2.45, 2.75) is 26.5 Å². The zero-order chi connectivity index (χ0) is 14.0. The van der Waals surface area contributed by atoms with Crippen LogP contribution in [0.3, 0.4) is 0 Å². The summed E-state index contributed by atoms with van der Waals surface area (Å²) in [4.78, 5) is 2.06. The second-order valence-corrected chi connectivity index (χ2v) is 5.15. The maximum Gasteiger partial charge on any atom is 0.105 e. The number of rotatable bonds is 4. The lowest BCUT2D eigenvalue weighted by molar-refractivity contribution is 0.199. The number of hydrogen-bond acceptors (Lipinski definition) is 3. The Morgan fingerprint density at radius 1 is 1.37 bits per heavy atom. The van der Waals surface area contributed by atoms with Crippen LogP contribution in [0.15, 0.2) is 34.9 Å². The number of benzene rings is 1. The summed E-state index contributed by atoms with van der Waals surface area (Å²) in [6.45, 7) is 4.40. The summed E-state index contributed by atoms with van der Waals surface area (Å²) < 4.78 is 5.29. The van der Waals surface area contributed by atoms with Gasteiger partial charge in [0.25, 0.3) is 0 Å². The number of aliphatic hydroxyl groups is 1. The molecular formula is C15H18ClNO2. The van der Waals surface area contributed by atoms with Crippen molar-refractivity contribution in [3.05, 3.63) is 52.4 Å². The van der Waals surface area contributed by atoms with Crippen LogP contribution in [0.2, 0.25) is 5.02 Å². The van der Waals surface area contributed by atoms with Gasteiger partial charge < -0.3 is 14.4 Å². The van der Waals surface area contributed by atoms with Crippen molar-refractivity contribution in [1.29, 1.82) is 0 Å². The molecule has 19 heavy (non-hydrogen) atoms. The van der Waals surface area contributed by atoms with E-state index in [2.05, 4.69) is 4.90 Å². The van der Waals surface area contributed by atoms with Gasteiger partial charge in [0, 0.05) is 19.2 Å². The Morgan fingerprint density at radius 3 is 2.63 bits per heavy atom. The molecule has 0 fully saturated rings. The molecular weight excluding hydrogens is 262 g/mol. The van der Waals surface area contributed by atoms with Gasteiger partial charge >= 0.3 is 0 Å². The molecule has 1 heterocycles. The molecule has 4 heteroatoms. The first-order valence-electron chi connectivity index (χ1n) is 6.20. The molecule has 3 nitrogen and oxygen atoms in total. The number of anilines is 1. The third-order valence-electron chi connectivity index (χ3n) is 3.24. The third kappa shape index (κ3) is 3.11. The lowest BCUT2D eigenvalue weighted by Crippen LogP contribution is -2.17. The van der Waals surface area contributed by atoms with E-state index in [0.29, 0.717) is 5.02 Å². The molecule has 2 rings (SSSR count). The van der Waals surface area contributed by atoms with Crippen molar-refractivity contribution in [3.8, 4) is 0 Å². The Kier molecular flexibility index (Phi) is 4.17. The molecule has 0 aliphatic rings. The van der Waals surface area contributed by atoms with Crippen LogP contribution in [-0.4, -0.2) is 12.2 Å². The number of nitrogens with zero attached hydrogens (tertiary/aromatic N) is 1. The third-order valence-corrected chi connectivity index (χ3v) is 3.54. The highest BCUT2D eigenvalue weighted by atomic mass is 35.5. The van der Waals surface area contributed by atoms with E-state index in [1.165, 1.54) is 0 Å².